The lowest BCUT2D eigenvalue weighted by Crippen LogP contribution is -2.27. The molecule has 0 aromatic heterocycles. The first kappa shape index (κ1) is 16.6. The normalized spacial score (nSPS) is 9.96. The molecule has 0 saturated carbocycles. The van der Waals surface area contributed by atoms with Gasteiger partial charge in [0.15, 0.2) is 10.9 Å². The number of anilines is 1. The molecule has 6 heteroatoms. The van der Waals surface area contributed by atoms with E-state index >= 15 is 0 Å². The third kappa shape index (κ3) is 4.89. The van der Waals surface area contributed by atoms with Gasteiger partial charge in [-0.25, -0.2) is 4.79 Å². The van der Waals surface area contributed by atoms with Gasteiger partial charge in [0.25, 0.3) is 0 Å². The average Bonchev–Trinajstić information content (AvgIpc) is 2.54. The van der Waals surface area contributed by atoms with Gasteiger partial charge in [0.1, 0.15) is 0 Å². The fourth-order valence-corrected chi connectivity index (χ4v) is 2.10. The monoisotopic (exact) mass is 328 g/mol. The molecule has 0 heterocycles. The van der Waals surface area contributed by atoms with Crippen LogP contribution in [0.2, 0.25) is 0 Å². The number of benzene rings is 2. The SMILES string of the molecule is CC(=O)c1ccc(NC(=S)NCc2ccc(C(=O)O)cc2)cc1. The Morgan fingerprint density at radius 1 is 1.00 bits per heavy atom. The van der Waals surface area contributed by atoms with Gasteiger partial charge in [-0.2, -0.15) is 0 Å². The smallest absolute Gasteiger partial charge is 0.335 e. The summed E-state index contributed by atoms with van der Waals surface area (Å²) in [4.78, 5) is 22.0. The Morgan fingerprint density at radius 3 is 2.09 bits per heavy atom. The van der Waals surface area contributed by atoms with Crippen LogP contribution in [0.5, 0.6) is 0 Å². The van der Waals surface area contributed by atoms with Crippen LogP contribution in [0.4, 0.5) is 5.69 Å². The minimum atomic E-state index is -0.948. The second-order valence-electron chi connectivity index (χ2n) is 4.94. The zero-order valence-electron chi connectivity index (χ0n) is 12.5. The predicted molar refractivity (Wildman–Crippen MR) is 92.9 cm³/mol. The number of hydrogen-bond donors (Lipinski definition) is 3. The van der Waals surface area contributed by atoms with Crippen LogP contribution in [0, 0.1) is 0 Å². The van der Waals surface area contributed by atoms with E-state index in [1.807, 2.05) is 0 Å². The van der Waals surface area contributed by atoms with E-state index in [0.717, 1.165) is 11.3 Å². The van der Waals surface area contributed by atoms with Crippen LogP contribution in [0.15, 0.2) is 48.5 Å². The largest absolute Gasteiger partial charge is 0.478 e. The van der Waals surface area contributed by atoms with Gasteiger partial charge in [-0.1, -0.05) is 12.1 Å². The molecule has 0 aliphatic heterocycles. The van der Waals surface area contributed by atoms with Crippen molar-refractivity contribution >= 4 is 34.8 Å². The summed E-state index contributed by atoms with van der Waals surface area (Å²) in [5, 5.41) is 15.4. The number of carbonyl (C=O) groups excluding carboxylic acids is 1. The van der Waals surface area contributed by atoms with Gasteiger partial charge in [0.2, 0.25) is 0 Å². The Kier molecular flexibility index (Phi) is 5.43. The first-order chi connectivity index (χ1) is 11.0. The van der Waals surface area contributed by atoms with Crippen molar-refractivity contribution in [3.8, 4) is 0 Å². The quantitative estimate of drug-likeness (QED) is 0.578. The number of rotatable bonds is 5. The van der Waals surface area contributed by atoms with Crippen molar-refractivity contribution in [1.29, 1.82) is 0 Å². The van der Waals surface area contributed by atoms with E-state index in [9.17, 15) is 9.59 Å². The highest BCUT2D eigenvalue weighted by Gasteiger charge is 2.03. The van der Waals surface area contributed by atoms with E-state index in [4.69, 9.17) is 17.3 Å². The lowest BCUT2D eigenvalue weighted by Gasteiger charge is -2.11. The van der Waals surface area contributed by atoms with Crippen molar-refractivity contribution in [2.75, 3.05) is 5.32 Å². The number of carbonyl (C=O) groups is 2. The Morgan fingerprint density at radius 2 is 1.57 bits per heavy atom. The molecule has 0 spiro atoms. The van der Waals surface area contributed by atoms with Crippen LogP contribution in [-0.4, -0.2) is 22.0 Å². The average molecular weight is 328 g/mol. The molecular weight excluding hydrogens is 312 g/mol. The van der Waals surface area contributed by atoms with Crippen molar-refractivity contribution in [2.24, 2.45) is 0 Å². The first-order valence-electron chi connectivity index (χ1n) is 6.94. The molecule has 0 unspecified atom stereocenters. The summed E-state index contributed by atoms with van der Waals surface area (Å²) >= 11 is 5.20. The zero-order valence-corrected chi connectivity index (χ0v) is 13.3. The zero-order chi connectivity index (χ0) is 16.8. The maximum atomic E-state index is 11.2. The van der Waals surface area contributed by atoms with Crippen molar-refractivity contribution in [1.82, 2.24) is 5.32 Å². The van der Waals surface area contributed by atoms with Gasteiger partial charge in [-0.05, 0) is 61.1 Å². The van der Waals surface area contributed by atoms with Gasteiger partial charge in [0, 0.05) is 17.8 Å². The molecule has 3 N–H and O–H groups in total. The second-order valence-corrected chi connectivity index (χ2v) is 5.35. The molecular formula is C17H16N2O3S. The van der Waals surface area contributed by atoms with Crippen molar-refractivity contribution in [3.05, 3.63) is 65.2 Å². The molecule has 0 aliphatic rings. The summed E-state index contributed by atoms with van der Waals surface area (Å²) in [6, 6.07) is 13.6. The summed E-state index contributed by atoms with van der Waals surface area (Å²) in [7, 11) is 0. The fourth-order valence-electron chi connectivity index (χ4n) is 1.91. The van der Waals surface area contributed by atoms with Gasteiger partial charge in [0.05, 0.1) is 5.56 Å². The number of aromatic carboxylic acids is 1. The highest BCUT2D eigenvalue weighted by molar-refractivity contribution is 7.80. The molecule has 0 saturated heterocycles. The van der Waals surface area contributed by atoms with E-state index in [-0.39, 0.29) is 11.3 Å². The lowest BCUT2D eigenvalue weighted by molar-refractivity contribution is 0.0696. The summed E-state index contributed by atoms with van der Waals surface area (Å²) < 4.78 is 0. The molecule has 2 aromatic carbocycles. The highest BCUT2D eigenvalue weighted by Crippen LogP contribution is 2.10. The fraction of sp³-hybridized carbons (Fsp3) is 0.118. The van der Waals surface area contributed by atoms with Crippen molar-refractivity contribution < 1.29 is 14.7 Å². The van der Waals surface area contributed by atoms with E-state index in [0.29, 0.717) is 17.2 Å². The molecule has 23 heavy (non-hydrogen) atoms. The summed E-state index contributed by atoms with van der Waals surface area (Å²) in [5.74, 6) is -0.933. The third-order valence-electron chi connectivity index (χ3n) is 3.20. The number of hydrogen-bond acceptors (Lipinski definition) is 3. The molecule has 0 atom stereocenters. The molecule has 5 nitrogen and oxygen atoms in total. The minimum Gasteiger partial charge on any atom is -0.478 e. The van der Waals surface area contributed by atoms with Crippen LogP contribution in [0.3, 0.4) is 0 Å². The van der Waals surface area contributed by atoms with E-state index in [1.165, 1.54) is 6.92 Å². The molecule has 2 aromatic rings. The van der Waals surface area contributed by atoms with Gasteiger partial charge in [-0.15, -0.1) is 0 Å². The Balaban J connectivity index is 1.87. The number of ketones is 1. The van der Waals surface area contributed by atoms with Gasteiger partial charge >= 0.3 is 5.97 Å². The van der Waals surface area contributed by atoms with Crippen LogP contribution in [0.1, 0.15) is 33.2 Å². The Hall–Kier alpha value is -2.73. The lowest BCUT2D eigenvalue weighted by atomic mass is 10.1. The predicted octanol–water partition coefficient (Wildman–Crippen LogP) is 3.07. The molecule has 0 radical (unpaired) electrons. The van der Waals surface area contributed by atoms with E-state index in [2.05, 4.69) is 10.6 Å². The van der Waals surface area contributed by atoms with Gasteiger partial charge in [-0.3, -0.25) is 4.79 Å². The number of nitrogens with one attached hydrogen (secondary N) is 2. The molecule has 0 aliphatic carbocycles. The molecule has 0 fully saturated rings. The number of thiocarbonyl (C=S) groups is 1. The number of carboxylic acids is 1. The maximum Gasteiger partial charge on any atom is 0.335 e. The van der Waals surface area contributed by atoms with Gasteiger partial charge < -0.3 is 15.7 Å². The Labute approximate surface area is 139 Å². The molecule has 2 rings (SSSR count). The van der Waals surface area contributed by atoms with Crippen molar-refractivity contribution in [3.63, 3.8) is 0 Å². The van der Waals surface area contributed by atoms with Crippen LogP contribution in [-0.2, 0) is 6.54 Å². The van der Waals surface area contributed by atoms with Crippen molar-refractivity contribution in [2.45, 2.75) is 13.5 Å². The van der Waals surface area contributed by atoms with E-state index < -0.39 is 5.97 Å². The Bertz CT molecular complexity index is 725. The van der Waals surface area contributed by atoms with Crippen LogP contribution < -0.4 is 10.6 Å². The summed E-state index contributed by atoms with van der Waals surface area (Å²) in [6.07, 6.45) is 0. The topological polar surface area (TPSA) is 78.4 Å². The summed E-state index contributed by atoms with van der Waals surface area (Å²) in [5.41, 5.74) is 2.60. The standard InChI is InChI=1S/C17H16N2O3S/c1-11(20)13-6-8-15(9-7-13)19-17(23)18-10-12-2-4-14(5-3-12)16(21)22/h2-9H,10H2,1H3,(H,21,22)(H2,18,19,23). The van der Waals surface area contributed by atoms with Crippen LogP contribution >= 0.6 is 12.2 Å². The highest BCUT2D eigenvalue weighted by atomic mass is 32.1. The summed E-state index contributed by atoms with van der Waals surface area (Å²) in [6.45, 7) is 2.00. The third-order valence-corrected chi connectivity index (χ3v) is 3.45. The molecule has 0 amide bonds. The maximum absolute atomic E-state index is 11.2. The number of carboxylic acid groups (broad SMARTS) is 1. The minimum absolute atomic E-state index is 0.0158. The van der Waals surface area contributed by atoms with E-state index in [1.54, 1.807) is 48.5 Å². The number of Topliss-reactive ketones (excluding diaryl/α,β-unsaturated/α-hetero) is 1. The molecule has 118 valence electrons. The first-order valence-corrected chi connectivity index (χ1v) is 7.34. The molecule has 0 bridgehead atoms. The van der Waals surface area contributed by atoms with Crippen LogP contribution in [0.25, 0.3) is 0 Å². The second kappa shape index (κ2) is 7.51.